The Hall–Kier alpha value is -8.33. The number of nitrogens with zero attached hydrogens (tertiary/aromatic N) is 2. The van der Waals surface area contributed by atoms with E-state index in [9.17, 15) is 0 Å². The van der Waals surface area contributed by atoms with Crippen molar-refractivity contribution in [3.8, 4) is 33.4 Å². The third kappa shape index (κ3) is 6.37. The lowest BCUT2D eigenvalue weighted by atomic mass is 9.23. The highest BCUT2D eigenvalue weighted by molar-refractivity contribution is 7.11. The lowest BCUT2D eigenvalue weighted by molar-refractivity contribution is -0.538. The van der Waals surface area contributed by atoms with Crippen molar-refractivity contribution in [3.05, 3.63) is 290 Å². The number of pyridine rings is 2. The molecule has 12 rings (SSSR count). The van der Waals surface area contributed by atoms with Crippen LogP contribution in [0.5, 0.6) is 0 Å². The van der Waals surface area contributed by atoms with Crippen LogP contribution in [0, 0.1) is 0 Å². The Balaban J connectivity index is 0.890. The van der Waals surface area contributed by atoms with Crippen molar-refractivity contribution >= 4 is 57.5 Å². The largest absolute Gasteiger partial charge is 0.408 e. The minimum absolute atomic E-state index is 1.18. The summed E-state index contributed by atoms with van der Waals surface area (Å²) < 4.78 is 5.10. The topological polar surface area (TPSA) is 7.76 Å². The molecule has 0 saturated heterocycles. The second-order valence-corrected chi connectivity index (χ2v) is 17.9. The van der Waals surface area contributed by atoms with E-state index in [0.29, 0.717) is 0 Å². The van der Waals surface area contributed by atoms with Gasteiger partial charge in [0.25, 0.3) is 0 Å². The first-order valence-corrected chi connectivity index (χ1v) is 23.1. The van der Waals surface area contributed by atoms with Gasteiger partial charge in [-0.3, -0.25) is 0 Å². The summed E-state index contributed by atoms with van der Waals surface area (Å²) in [5.74, 6) is 0. The minimum atomic E-state index is -1.53. The maximum atomic E-state index is 2.55. The molecule has 10 aromatic rings. The molecule has 8 aromatic carbocycles. The second-order valence-electron chi connectivity index (χ2n) is 17.9. The molecular formula is C62H46B2N2. The van der Waals surface area contributed by atoms with Gasteiger partial charge in [0.2, 0.25) is 0 Å². The maximum Gasteiger partial charge on any atom is 0.361 e. The molecule has 0 atom stereocenters. The minimum Gasteiger partial charge on any atom is -0.408 e. The zero-order valence-corrected chi connectivity index (χ0v) is 36.6. The molecule has 4 heteroatoms. The summed E-state index contributed by atoms with van der Waals surface area (Å²) in [7, 11) is 0. The molecule has 0 unspecified atom stereocenters. The van der Waals surface area contributed by atoms with Crippen molar-refractivity contribution < 1.29 is 8.96 Å². The van der Waals surface area contributed by atoms with E-state index in [4.69, 9.17) is 0 Å². The Morgan fingerprint density at radius 3 is 0.742 bits per heavy atom. The van der Waals surface area contributed by atoms with Gasteiger partial charge in [-0.2, -0.15) is 0 Å². The van der Waals surface area contributed by atoms with Crippen LogP contribution in [0.3, 0.4) is 0 Å². The molecule has 0 N–H and O–H groups in total. The third-order valence-corrected chi connectivity index (χ3v) is 14.5. The normalized spacial score (nSPS) is 14.2. The van der Waals surface area contributed by atoms with Gasteiger partial charge >= 0.3 is 12.6 Å². The van der Waals surface area contributed by atoms with Crippen LogP contribution >= 0.6 is 0 Å². The molecular weight excluding hydrogens is 794 g/mol. The summed E-state index contributed by atoms with van der Waals surface area (Å²) in [5.41, 5.74) is 19.8. The fourth-order valence-corrected chi connectivity index (χ4v) is 11.5. The summed E-state index contributed by atoms with van der Waals surface area (Å²) >= 11 is 0. The predicted octanol–water partition coefficient (Wildman–Crippen LogP) is 10.7. The third-order valence-electron chi connectivity index (χ3n) is 14.5. The van der Waals surface area contributed by atoms with E-state index in [1.54, 1.807) is 0 Å². The molecule has 0 aliphatic carbocycles. The van der Waals surface area contributed by atoms with Gasteiger partial charge in [0.15, 0.2) is 0 Å². The highest BCUT2D eigenvalue weighted by Crippen LogP contribution is 2.35. The van der Waals surface area contributed by atoms with Gasteiger partial charge in [-0.25, -0.2) is 0 Å². The van der Waals surface area contributed by atoms with E-state index in [-0.39, 0.29) is 0 Å². The van der Waals surface area contributed by atoms with Gasteiger partial charge < -0.3 is 8.96 Å². The number of fused-ring (bicyclic) bond motifs is 2. The van der Waals surface area contributed by atoms with E-state index in [2.05, 4.69) is 288 Å². The average Bonchev–Trinajstić information content (AvgIpc) is 3.95. The molecule has 0 bridgehead atoms. The molecule has 0 amide bonds. The number of rotatable bonds is 9. The molecule has 2 aromatic heterocycles. The molecule has 0 fully saturated rings. The molecule has 4 heterocycles. The van der Waals surface area contributed by atoms with Crippen LogP contribution in [0.4, 0.5) is 0 Å². The average molecular weight is 841 g/mol. The zero-order valence-electron chi connectivity index (χ0n) is 36.6. The van der Waals surface area contributed by atoms with Crippen molar-refractivity contribution in [3.63, 3.8) is 0 Å². The molecule has 66 heavy (non-hydrogen) atoms. The van der Waals surface area contributed by atoms with Gasteiger partial charge in [-0.05, 0) is 46.5 Å². The highest BCUT2D eigenvalue weighted by atomic mass is 14.9. The standard InChI is InChI=1S/C62H46B2N2/c1-7-19-51(20-8-1)61-43-59-41-39-53(45-65(59)63(61,55-23-11-3-12-24-55)56-25-13-4-14-26-56)49-35-31-47(32-36-49)48-33-37-50(38-34-48)54-40-42-60-44-62(52-21-9-2-10-22-52)64(66(60)46-54,57-27-15-5-16-28-57)58-29-17-6-18-30-58/h1-46H. The van der Waals surface area contributed by atoms with Gasteiger partial charge in [-0.1, -0.05) is 242 Å². The van der Waals surface area contributed by atoms with Crippen LogP contribution in [-0.4, -0.2) is 12.6 Å². The molecule has 0 radical (unpaired) electrons. The van der Waals surface area contributed by atoms with Crippen LogP contribution in [0.1, 0.15) is 22.5 Å². The van der Waals surface area contributed by atoms with E-state index in [1.807, 2.05) is 0 Å². The van der Waals surface area contributed by atoms with Crippen molar-refractivity contribution in [2.24, 2.45) is 0 Å². The van der Waals surface area contributed by atoms with Crippen LogP contribution in [-0.2, 0) is 0 Å². The van der Waals surface area contributed by atoms with E-state index in [0.717, 1.165) is 0 Å². The summed E-state index contributed by atoms with van der Waals surface area (Å²) in [4.78, 5) is 0. The zero-order chi connectivity index (χ0) is 43.9. The quantitative estimate of drug-likeness (QED) is 0.128. The Bertz CT molecular complexity index is 3100. The SMILES string of the molecule is C1=C(c2ccccc2)[B-](c2ccccc2)(c2ccccc2)[n+]2cc(-c3ccc(-c4ccc(-c5ccc6[n+](c5)[B-](c5ccccc5)(c5ccccc5)C(c5ccccc5)=C6)cc4)cc3)ccc21. The molecule has 2 nitrogen and oxygen atoms in total. The van der Waals surface area contributed by atoms with E-state index < -0.39 is 12.6 Å². The first-order valence-electron chi connectivity index (χ1n) is 23.1. The van der Waals surface area contributed by atoms with Crippen LogP contribution < -0.4 is 30.8 Å². The van der Waals surface area contributed by atoms with Gasteiger partial charge in [0.05, 0.1) is 0 Å². The first-order chi connectivity index (χ1) is 32.7. The lowest BCUT2D eigenvalue weighted by Crippen LogP contribution is -2.78. The van der Waals surface area contributed by atoms with Gasteiger partial charge in [0, 0.05) is 23.3 Å². The molecule has 2 aliphatic rings. The smallest absolute Gasteiger partial charge is 0.361 e. The number of hydrogen-bond donors (Lipinski definition) is 0. The van der Waals surface area contributed by atoms with Gasteiger partial charge in [0.1, 0.15) is 23.8 Å². The lowest BCUT2D eigenvalue weighted by Gasteiger charge is -2.36. The Labute approximate surface area is 387 Å². The van der Waals surface area contributed by atoms with Crippen LogP contribution in [0.25, 0.3) is 56.5 Å². The van der Waals surface area contributed by atoms with Crippen molar-refractivity contribution in [1.29, 1.82) is 0 Å². The van der Waals surface area contributed by atoms with Gasteiger partial charge in [-0.15, -0.1) is 32.8 Å². The maximum absolute atomic E-state index is 2.55. The highest BCUT2D eigenvalue weighted by Gasteiger charge is 2.50. The molecule has 0 saturated carbocycles. The first kappa shape index (κ1) is 39.3. The number of hydrogen-bond acceptors (Lipinski definition) is 0. The van der Waals surface area contributed by atoms with Crippen molar-refractivity contribution in [2.45, 2.75) is 0 Å². The number of aromatic nitrogens is 2. The van der Waals surface area contributed by atoms with E-state index >= 15 is 0 Å². The van der Waals surface area contributed by atoms with E-state index in [1.165, 1.54) is 88.7 Å². The number of benzene rings is 8. The Morgan fingerprint density at radius 2 is 0.455 bits per heavy atom. The fraction of sp³-hybridized carbons (Fsp3) is 0. The van der Waals surface area contributed by atoms with Crippen molar-refractivity contribution in [1.82, 2.24) is 0 Å². The predicted molar refractivity (Wildman–Crippen MR) is 278 cm³/mol. The molecule has 310 valence electrons. The summed E-state index contributed by atoms with van der Waals surface area (Å²) in [6.45, 7) is 0. The fourth-order valence-electron chi connectivity index (χ4n) is 11.5. The summed E-state index contributed by atoms with van der Waals surface area (Å²) in [5, 5.41) is 0. The summed E-state index contributed by atoms with van der Waals surface area (Å²) in [6.07, 6.45) is 6.49. The van der Waals surface area contributed by atoms with Crippen molar-refractivity contribution in [2.75, 3.05) is 0 Å². The van der Waals surface area contributed by atoms with Crippen LogP contribution in [0.15, 0.2) is 267 Å². The molecule has 0 spiro atoms. The summed E-state index contributed by atoms with van der Waals surface area (Å²) in [6, 6.07) is 93.3. The van der Waals surface area contributed by atoms with Crippen LogP contribution in [0.2, 0.25) is 0 Å². The Kier molecular flexibility index (Phi) is 9.72. The molecule has 2 aliphatic heterocycles. The Morgan fingerprint density at radius 1 is 0.212 bits per heavy atom. The monoisotopic (exact) mass is 840 g/mol. The second kappa shape index (κ2) is 16.3.